The van der Waals surface area contributed by atoms with Crippen molar-refractivity contribution in [3.05, 3.63) is 28.8 Å². The van der Waals surface area contributed by atoms with Gasteiger partial charge >= 0.3 is 18.4 Å². The minimum absolute atomic E-state index is 0.418. The minimum atomic E-state index is -4.35. The number of hydrogen-bond acceptors (Lipinski definition) is 2. The SMILES string of the molecule is Cc1cc(C)c(NC(=O)OCC(F)(F)C(F)F)c(C)c1. The van der Waals surface area contributed by atoms with Crippen LogP contribution in [0.3, 0.4) is 0 Å². The second-order valence-corrected chi connectivity index (χ2v) is 4.54. The summed E-state index contributed by atoms with van der Waals surface area (Å²) in [6, 6.07) is 3.58. The first-order valence-electron chi connectivity index (χ1n) is 5.81. The monoisotopic (exact) mass is 293 g/mol. The van der Waals surface area contributed by atoms with Gasteiger partial charge in [-0.3, -0.25) is 5.32 Å². The molecule has 0 aliphatic carbocycles. The molecule has 0 atom stereocenters. The van der Waals surface area contributed by atoms with E-state index >= 15 is 0 Å². The summed E-state index contributed by atoms with van der Waals surface area (Å²) in [4.78, 5) is 11.4. The highest BCUT2D eigenvalue weighted by Gasteiger charge is 2.42. The lowest BCUT2D eigenvalue weighted by Crippen LogP contribution is -2.34. The molecule has 0 radical (unpaired) electrons. The molecule has 0 spiro atoms. The maximum atomic E-state index is 12.6. The Labute approximate surface area is 113 Å². The number of benzene rings is 1. The van der Waals surface area contributed by atoms with Gasteiger partial charge in [0, 0.05) is 5.69 Å². The zero-order chi connectivity index (χ0) is 15.5. The summed E-state index contributed by atoms with van der Waals surface area (Å²) < 4.78 is 53.1. The fourth-order valence-corrected chi connectivity index (χ4v) is 1.74. The van der Waals surface area contributed by atoms with E-state index in [-0.39, 0.29) is 0 Å². The number of amides is 1. The first-order chi connectivity index (χ1) is 9.13. The van der Waals surface area contributed by atoms with Crippen molar-refractivity contribution >= 4 is 11.8 Å². The fraction of sp³-hybridized carbons (Fsp3) is 0.462. The molecule has 112 valence electrons. The molecule has 1 rings (SSSR count). The molecule has 1 N–H and O–H groups in total. The predicted octanol–water partition coefficient (Wildman–Crippen LogP) is 4.06. The summed E-state index contributed by atoms with van der Waals surface area (Å²) in [5.41, 5.74) is 2.84. The van der Waals surface area contributed by atoms with E-state index in [1.807, 2.05) is 6.92 Å². The molecular formula is C13H15F4NO2. The molecule has 3 nitrogen and oxygen atoms in total. The molecule has 20 heavy (non-hydrogen) atoms. The van der Waals surface area contributed by atoms with Gasteiger partial charge in [-0.15, -0.1) is 0 Å². The molecule has 1 amide bonds. The van der Waals surface area contributed by atoms with Gasteiger partial charge in [0.15, 0.2) is 6.61 Å². The van der Waals surface area contributed by atoms with Crippen molar-refractivity contribution in [1.82, 2.24) is 0 Å². The quantitative estimate of drug-likeness (QED) is 0.850. The number of nitrogens with one attached hydrogen (secondary N) is 1. The van der Waals surface area contributed by atoms with Crippen LogP contribution in [0.2, 0.25) is 0 Å². The molecule has 1 aromatic carbocycles. The van der Waals surface area contributed by atoms with Gasteiger partial charge in [0.05, 0.1) is 0 Å². The van der Waals surface area contributed by atoms with E-state index in [0.717, 1.165) is 16.7 Å². The topological polar surface area (TPSA) is 38.3 Å². The van der Waals surface area contributed by atoms with Crippen molar-refractivity contribution in [1.29, 1.82) is 0 Å². The van der Waals surface area contributed by atoms with Crippen LogP contribution in [0.1, 0.15) is 16.7 Å². The number of hydrogen-bond donors (Lipinski definition) is 1. The van der Waals surface area contributed by atoms with Crippen LogP contribution >= 0.6 is 0 Å². The van der Waals surface area contributed by atoms with Crippen LogP contribution in [0.5, 0.6) is 0 Å². The Morgan fingerprint density at radius 3 is 2.20 bits per heavy atom. The van der Waals surface area contributed by atoms with Gasteiger partial charge in [-0.2, -0.15) is 8.78 Å². The van der Waals surface area contributed by atoms with Crippen molar-refractivity contribution in [2.24, 2.45) is 0 Å². The number of ether oxygens (including phenoxy) is 1. The minimum Gasteiger partial charge on any atom is -0.443 e. The number of rotatable bonds is 4. The first kappa shape index (κ1) is 16.3. The third-order valence-electron chi connectivity index (χ3n) is 2.62. The number of halogens is 4. The summed E-state index contributed by atoms with van der Waals surface area (Å²) in [6.07, 6.45) is -5.07. The van der Waals surface area contributed by atoms with Crippen LogP contribution in [-0.4, -0.2) is 25.0 Å². The lowest BCUT2D eigenvalue weighted by atomic mass is 10.1. The molecule has 0 unspecified atom stereocenters. The average molecular weight is 293 g/mol. The van der Waals surface area contributed by atoms with Crippen LogP contribution in [0.15, 0.2) is 12.1 Å². The van der Waals surface area contributed by atoms with Crippen LogP contribution in [0.4, 0.5) is 28.0 Å². The summed E-state index contributed by atoms with van der Waals surface area (Å²) in [5, 5.41) is 2.28. The smallest absolute Gasteiger partial charge is 0.411 e. The second kappa shape index (κ2) is 6.11. The molecule has 0 saturated carbocycles. The number of alkyl halides is 4. The van der Waals surface area contributed by atoms with E-state index in [4.69, 9.17) is 0 Å². The number of anilines is 1. The standard InChI is InChI=1S/C13H15F4NO2/c1-7-4-8(2)10(9(3)5-7)18-12(19)20-6-13(16,17)11(14)15/h4-5,11H,6H2,1-3H3,(H,18,19). The molecule has 0 aromatic heterocycles. The average Bonchev–Trinajstić information content (AvgIpc) is 2.31. The highest BCUT2D eigenvalue weighted by Crippen LogP contribution is 2.24. The van der Waals surface area contributed by atoms with Crippen molar-refractivity contribution in [3.63, 3.8) is 0 Å². The van der Waals surface area contributed by atoms with E-state index in [9.17, 15) is 22.4 Å². The van der Waals surface area contributed by atoms with Gasteiger partial charge in [-0.05, 0) is 31.9 Å². The zero-order valence-electron chi connectivity index (χ0n) is 11.3. The maximum absolute atomic E-state index is 12.6. The Morgan fingerprint density at radius 2 is 1.75 bits per heavy atom. The normalized spacial score (nSPS) is 11.6. The van der Waals surface area contributed by atoms with Crippen LogP contribution < -0.4 is 5.32 Å². The Hall–Kier alpha value is -1.79. The Kier molecular flexibility index (Phi) is 4.97. The molecule has 0 aliphatic rings. The van der Waals surface area contributed by atoms with Gasteiger partial charge in [-0.25, -0.2) is 13.6 Å². The highest BCUT2D eigenvalue weighted by atomic mass is 19.3. The van der Waals surface area contributed by atoms with Gasteiger partial charge in [0.1, 0.15) is 0 Å². The molecule has 0 saturated heterocycles. The molecule has 0 aliphatic heterocycles. The third kappa shape index (κ3) is 4.11. The molecule has 7 heteroatoms. The lowest BCUT2D eigenvalue weighted by Gasteiger charge is -2.16. The van der Waals surface area contributed by atoms with E-state index in [1.54, 1.807) is 26.0 Å². The molecular weight excluding hydrogens is 278 g/mol. The van der Waals surface area contributed by atoms with Crippen molar-refractivity contribution in [2.75, 3.05) is 11.9 Å². The number of aryl methyl sites for hydroxylation is 3. The van der Waals surface area contributed by atoms with Gasteiger partial charge < -0.3 is 4.74 Å². The van der Waals surface area contributed by atoms with Crippen molar-refractivity contribution in [3.8, 4) is 0 Å². The Balaban J connectivity index is 2.69. The van der Waals surface area contributed by atoms with E-state index in [1.165, 1.54) is 0 Å². The maximum Gasteiger partial charge on any atom is 0.411 e. The molecule has 0 bridgehead atoms. The summed E-state index contributed by atoms with van der Waals surface area (Å²) in [5.74, 6) is -4.35. The third-order valence-corrected chi connectivity index (χ3v) is 2.62. The van der Waals surface area contributed by atoms with E-state index in [2.05, 4.69) is 10.1 Å². The van der Waals surface area contributed by atoms with Crippen LogP contribution in [0, 0.1) is 20.8 Å². The zero-order valence-corrected chi connectivity index (χ0v) is 11.3. The number of carbonyl (C=O) groups is 1. The lowest BCUT2D eigenvalue weighted by molar-refractivity contribution is -0.153. The largest absolute Gasteiger partial charge is 0.443 e. The van der Waals surface area contributed by atoms with Crippen LogP contribution in [0.25, 0.3) is 0 Å². The summed E-state index contributed by atoms with van der Waals surface area (Å²) in [6.45, 7) is 3.65. The Bertz CT molecular complexity index is 480. The van der Waals surface area contributed by atoms with E-state index in [0.29, 0.717) is 5.69 Å². The Morgan fingerprint density at radius 1 is 1.25 bits per heavy atom. The van der Waals surface area contributed by atoms with Gasteiger partial charge in [0.25, 0.3) is 0 Å². The van der Waals surface area contributed by atoms with Gasteiger partial charge in [-0.1, -0.05) is 17.7 Å². The summed E-state index contributed by atoms with van der Waals surface area (Å²) in [7, 11) is 0. The van der Waals surface area contributed by atoms with Crippen molar-refractivity contribution in [2.45, 2.75) is 33.1 Å². The molecule has 0 heterocycles. The summed E-state index contributed by atoms with van der Waals surface area (Å²) >= 11 is 0. The molecule has 1 aromatic rings. The highest BCUT2D eigenvalue weighted by molar-refractivity contribution is 5.86. The molecule has 0 fully saturated rings. The fourth-order valence-electron chi connectivity index (χ4n) is 1.74. The van der Waals surface area contributed by atoms with Crippen molar-refractivity contribution < 1.29 is 27.1 Å². The number of carbonyl (C=O) groups excluding carboxylic acids is 1. The van der Waals surface area contributed by atoms with Gasteiger partial charge in [0.2, 0.25) is 0 Å². The second-order valence-electron chi connectivity index (χ2n) is 4.54. The van der Waals surface area contributed by atoms with Crippen LogP contribution in [-0.2, 0) is 4.74 Å². The predicted molar refractivity (Wildman–Crippen MR) is 66.6 cm³/mol. The first-order valence-corrected chi connectivity index (χ1v) is 5.81. The van der Waals surface area contributed by atoms with E-state index < -0.39 is 25.0 Å².